The SMILES string of the molecule is CCCNCc1coc(CN(C)c2cccc(C)c2)c1. The van der Waals surface area contributed by atoms with E-state index in [0.717, 1.165) is 31.8 Å². The van der Waals surface area contributed by atoms with Crippen molar-refractivity contribution in [1.82, 2.24) is 5.32 Å². The molecule has 0 fully saturated rings. The molecule has 2 aromatic rings. The molecule has 3 heteroatoms. The van der Waals surface area contributed by atoms with E-state index in [2.05, 4.69) is 61.4 Å². The van der Waals surface area contributed by atoms with Gasteiger partial charge in [0.15, 0.2) is 0 Å². The van der Waals surface area contributed by atoms with E-state index in [1.54, 1.807) is 0 Å². The van der Waals surface area contributed by atoms with E-state index in [0.29, 0.717) is 0 Å². The van der Waals surface area contributed by atoms with E-state index in [-0.39, 0.29) is 0 Å². The van der Waals surface area contributed by atoms with Crippen LogP contribution in [-0.4, -0.2) is 13.6 Å². The molecule has 2 rings (SSSR count). The fourth-order valence-corrected chi connectivity index (χ4v) is 2.20. The smallest absolute Gasteiger partial charge is 0.123 e. The van der Waals surface area contributed by atoms with E-state index >= 15 is 0 Å². The fourth-order valence-electron chi connectivity index (χ4n) is 2.20. The quantitative estimate of drug-likeness (QED) is 0.779. The average molecular weight is 272 g/mol. The third-order valence-corrected chi connectivity index (χ3v) is 3.30. The number of nitrogens with one attached hydrogen (secondary N) is 1. The molecule has 0 aliphatic carbocycles. The molecule has 1 heterocycles. The monoisotopic (exact) mass is 272 g/mol. The second-order valence-corrected chi connectivity index (χ2v) is 5.29. The molecule has 108 valence electrons. The van der Waals surface area contributed by atoms with Crippen molar-refractivity contribution < 1.29 is 4.42 Å². The average Bonchev–Trinajstić information content (AvgIpc) is 2.86. The highest BCUT2D eigenvalue weighted by Gasteiger charge is 2.06. The molecule has 1 N–H and O–H groups in total. The number of benzene rings is 1. The first-order valence-corrected chi connectivity index (χ1v) is 7.24. The second-order valence-electron chi connectivity index (χ2n) is 5.29. The Hall–Kier alpha value is -1.74. The minimum atomic E-state index is 0.789. The van der Waals surface area contributed by atoms with Gasteiger partial charge in [-0.25, -0.2) is 0 Å². The topological polar surface area (TPSA) is 28.4 Å². The molecule has 1 aromatic carbocycles. The molecule has 3 nitrogen and oxygen atoms in total. The Morgan fingerprint density at radius 3 is 2.85 bits per heavy atom. The first-order valence-electron chi connectivity index (χ1n) is 7.24. The van der Waals surface area contributed by atoms with Gasteiger partial charge in [-0.2, -0.15) is 0 Å². The number of nitrogens with zero attached hydrogens (tertiary/aromatic N) is 1. The van der Waals surface area contributed by atoms with Gasteiger partial charge in [0.05, 0.1) is 12.8 Å². The van der Waals surface area contributed by atoms with E-state index < -0.39 is 0 Å². The summed E-state index contributed by atoms with van der Waals surface area (Å²) in [4.78, 5) is 2.20. The predicted octanol–water partition coefficient (Wildman–Crippen LogP) is 3.72. The van der Waals surface area contributed by atoms with Crippen LogP contribution in [0, 0.1) is 6.92 Å². The maximum atomic E-state index is 5.64. The third kappa shape index (κ3) is 4.14. The van der Waals surface area contributed by atoms with Crippen LogP contribution in [0.1, 0.15) is 30.2 Å². The third-order valence-electron chi connectivity index (χ3n) is 3.30. The summed E-state index contributed by atoms with van der Waals surface area (Å²) in [5.41, 5.74) is 3.70. The summed E-state index contributed by atoms with van der Waals surface area (Å²) in [7, 11) is 2.09. The molecule has 0 spiro atoms. The van der Waals surface area contributed by atoms with Gasteiger partial charge in [0.25, 0.3) is 0 Å². The van der Waals surface area contributed by atoms with Crippen molar-refractivity contribution in [3.05, 3.63) is 53.5 Å². The first kappa shape index (κ1) is 14.7. The number of furan rings is 1. The zero-order valence-electron chi connectivity index (χ0n) is 12.6. The minimum absolute atomic E-state index is 0.789. The molecule has 0 saturated heterocycles. The van der Waals surface area contributed by atoms with Crippen molar-refractivity contribution in [2.45, 2.75) is 33.4 Å². The van der Waals surface area contributed by atoms with Crippen LogP contribution in [0.25, 0.3) is 0 Å². The zero-order chi connectivity index (χ0) is 14.4. The van der Waals surface area contributed by atoms with Gasteiger partial charge in [-0.05, 0) is 43.7 Å². The summed E-state index contributed by atoms with van der Waals surface area (Å²) >= 11 is 0. The summed E-state index contributed by atoms with van der Waals surface area (Å²) in [6.45, 7) is 7.00. The van der Waals surface area contributed by atoms with Crippen molar-refractivity contribution in [2.24, 2.45) is 0 Å². The van der Waals surface area contributed by atoms with Gasteiger partial charge >= 0.3 is 0 Å². The Bertz CT molecular complexity index is 533. The van der Waals surface area contributed by atoms with Crippen LogP contribution in [0.5, 0.6) is 0 Å². The normalized spacial score (nSPS) is 10.8. The van der Waals surface area contributed by atoms with Crippen LogP contribution >= 0.6 is 0 Å². The van der Waals surface area contributed by atoms with Gasteiger partial charge < -0.3 is 14.6 Å². The number of rotatable bonds is 7. The molecule has 0 aliphatic heterocycles. The number of aryl methyl sites for hydroxylation is 1. The van der Waals surface area contributed by atoms with Crippen molar-refractivity contribution in [3.63, 3.8) is 0 Å². The van der Waals surface area contributed by atoms with Crippen LogP contribution in [-0.2, 0) is 13.1 Å². The molecular weight excluding hydrogens is 248 g/mol. The highest BCUT2D eigenvalue weighted by atomic mass is 16.3. The molecule has 0 unspecified atom stereocenters. The van der Waals surface area contributed by atoms with Crippen molar-refractivity contribution in [1.29, 1.82) is 0 Å². The van der Waals surface area contributed by atoms with E-state index in [1.807, 2.05) is 6.26 Å². The van der Waals surface area contributed by atoms with Gasteiger partial charge in [0.2, 0.25) is 0 Å². The van der Waals surface area contributed by atoms with Gasteiger partial charge in [-0.15, -0.1) is 0 Å². The highest BCUT2D eigenvalue weighted by molar-refractivity contribution is 5.47. The van der Waals surface area contributed by atoms with Crippen LogP contribution in [0.15, 0.2) is 41.0 Å². The predicted molar refractivity (Wildman–Crippen MR) is 84.0 cm³/mol. The first-order chi connectivity index (χ1) is 9.69. The van der Waals surface area contributed by atoms with E-state index in [1.165, 1.54) is 16.8 Å². The summed E-state index contributed by atoms with van der Waals surface area (Å²) in [6, 6.07) is 10.6. The molecule has 0 amide bonds. The van der Waals surface area contributed by atoms with Gasteiger partial charge in [-0.1, -0.05) is 19.1 Å². The maximum Gasteiger partial charge on any atom is 0.123 e. The summed E-state index contributed by atoms with van der Waals surface area (Å²) in [6.07, 6.45) is 3.00. The largest absolute Gasteiger partial charge is 0.467 e. The van der Waals surface area contributed by atoms with E-state index in [9.17, 15) is 0 Å². The summed E-state index contributed by atoms with van der Waals surface area (Å²) in [5, 5.41) is 3.38. The Morgan fingerprint density at radius 2 is 2.10 bits per heavy atom. The lowest BCUT2D eigenvalue weighted by molar-refractivity contribution is 0.504. The van der Waals surface area contributed by atoms with Gasteiger partial charge in [0, 0.05) is 24.8 Å². The van der Waals surface area contributed by atoms with Gasteiger partial charge in [-0.3, -0.25) is 0 Å². The maximum absolute atomic E-state index is 5.64. The zero-order valence-corrected chi connectivity index (χ0v) is 12.6. The molecular formula is C17H24N2O. The van der Waals surface area contributed by atoms with Crippen LogP contribution in [0.4, 0.5) is 5.69 Å². The van der Waals surface area contributed by atoms with Crippen LogP contribution in [0.2, 0.25) is 0 Å². The lowest BCUT2D eigenvalue weighted by atomic mass is 10.2. The Morgan fingerprint density at radius 1 is 1.25 bits per heavy atom. The molecule has 0 radical (unpaired) electrons. The molecule has 0 bridgehead atoms. The van der Waals surface area contributed by atoms with Crippen LogP contribution < -0.4 is 10.2 Å². The van der Waals surface area contributed by atoms with Crippen molar-refractivity contribution >= 4 is 5.69 Å². The Balaban J connectivity index is 1.92. The lowest BCUT2D eigenvalue weighted by Gasteiger charge is -2.18. The van der Waals surface area contributed by atoms with Crippen molar-refractivity contribution in [2.75, 3.05) is 18.5 Å². The number of anilines is 1. The fraction of sp³-hybridized carbons (Fsp3) is 0.412. The number of hydrogen-bond acceptors (Lipinski definition) is 3. The number of hydrogen-bond donors (Lipinski definition) is 1. The van der Waals surface area contributed by atoms with Crippen LogP contribution in [0.3, 0.4) is 0 Å². The highest BCUT2D eigenvalue weighted by Crippen LogP contribution is 2.18. The molecule has 0 saturated carbocycles. The Kier molecular flexibility index (Phi) is 5.24. The van der Waals surface area contributed by atoms with Crippen molar-refractivity contribution in [3.8, 4) is 0 Å². The summed E-state index contributed by atoms with van der Waals surface area (Å²) in [5.74, 6) is 1.00. The molecule has 0 aliphatic rings. The second kappa shape index (κ2) is 7.15. The standard InChI is InChI=1S/C17H24N2O/c1-4-8-18-11-15-10-17(20-13-15)12-19(3)16-7-5-6-14(2)9-16/h5-7,9-10,13,18H,4,8,11-12H2,1-3H3. The Labute approximate surface area is 121 Å². The summed E-state index contributed by atoms with van der Waals surface area (Å²) < 4.78 is 5.64. The van der Waals surface area contributed by atoms with E-state index in [4.69, 9.17) is 4.42 Å². The van der Waals surface area contributed by atoms with Gasteiger partial charge in [0.1, 0.15) is 5.76 Å². The minimum Gasteiger partial charge on any atom is -0.467 e. The molecule has 1 aromatic heterocycles. The molecule has 20 heavy (non-hydrogen) atoms. The lowest BCUT2D eigenvalue weighted by Crippen LogP contribution is -2.16. The molecule has 0 atom stereocenters.